The highest BCUT2D eigenvalue weighted by molar-refractivity contribution is 4.94. The van der Waals surface area contributed by atoms with Crippen molar-refractivity contribution in [3.63, 3.8) is 0 Å². The highest BCUT2D eigenvalue weighted by Crippen LogP contribution is 2.23. The Morgan fingerprint density at radius 2 is 2.00 bits per heavy atom. The molecule has 0 aromatic heterocycles. The largest absolute Gasteiger partial charge is 0.394 e. The van der Waals surface area contributed by atoms with E-state index >= 15 is 0 Å². The maximum absolute atomic E-state index is 10.2. The number of aliphatic hydroxyl groups is 2. The van der Waals surface area contributed by atoms with E-state index in [2.05, 4.69) is 10.2 Å². The molecule has 0 radical (unpaired) electrons. The molecule has 0 saturated carbocycles. The van der Waals surface area contributed by atoms with Crippen molar-refractivity contribution in [3.05, 3.63) is 0 Å². The van der Waals surface area contributed by atoms with Crippen molar-refractivity contribution in [2.24, 2.45) is 0 Å². The molecule has 0 amide bonds. The van der Waals surface area contributed by atoms with Crippen LogP contribution in [0.1, 0.15) is 0 Å². The molecule has 8 heteroatoms. The van der Waals surface area contributed by atoms with Gasteiger partial charge in [0, 0.05) is 20.8 Å². The van der Waals surface area contributed by atoms with Gasteiger partial charge in [0.2, 0.25) is 0 Å². The highest BCUT2D eigenvalue weighted by atomic mass is 17.1. The maximum atomic E-state index is 10.2. The fourth-order valence-corrected chi connectivity index (χ4v) is 2.05. The molecule has 0 aromatic carbocycles. The summed E-state index contributed by atoms with van der Waals surface area (Å²) in [6, 6.07) is -0.544. The van der Waals surface area contributed by atoms with Crippen LogP contribution in [0, 0.1) is 0 Å². The summed E-state index contributed by atoms with van der Waals surface area (Å²) >= 11 is 0. The number of hydrogen-bond donors (Lipinski definition) is 4. The van der Waals surface area contributed by atoms with Gasteiger partial charge in [0.25, 0.3) is 0 Å². The minimum absolute atomic E-state index is 0.0702. The lowest BCUT2D eigenvalue weighted by molar-refractivity contribution is -0.271. The summed E-state index contributed by atoms with van der Waals surface area (Å²) in [6.45, 7) is 0.101. The van der Waals surface area contributed by atoms with Crippen LogP contribution in [0.25, 0.3) is 0 Å². The van der Waals surface area contributed by atoms with Gasteiger partial charge in [-0.15, -0.1) is 0 Å². The van der Waals surface area contributed by atoms with Crippen LogP contribution in [0.3, 0.4) is 0 Å². The van der Waals surface area contributed by atoms with Crippen molar-refractivity contribution in [2.45, 2.75) is 30.6 Å². The van der Waals surface area contributed by atoms with Crippen LogP contribution in [0.2, 0.25) is 0 Å². The predicted octanol–water partition coefficient (Wildman–Crippen LogP) is -1.83. The number of aliphatic hydroxyl groups excluding tert-OH is 2. The summed E-state index contributed by atoms with van der Waals surface area (Å²) < 4.78 is 15.7. The highest BCUT2D eigenvalue weighted by Gasteiger charge is 2.45. The van der Waals surface area contributed by atoms with Crippen molar-refractivity contribution in [1.29, 1.82) is 0 Å². The molecule has 5 atom stereocenters. The fourth-order valence-electron chi connectivity index (χ4n) is 2.05. The molecule has 5 unspecified atom stereocenters. The standard InChI is InChI=1S/C10H21NO7/c1-15-9-6(5-12)18-10(16-2)7(8(9)13)11-3-4-17-14/h6-14H,3-5H2,1-2H3. The van der Waals surface area contributed by atoms with Gasteiger partial charge in [-0.05, 0) is 0 Å². The molecule has 1 fully saturated rings. The van der Waals surface area contributed by atoms with Gasteiger partial charge in [0.1, 0.15) is 18.3 Å². The van der Waals surface area contributed by atoms with E-state index in [4.69, 9.17) is 19.5 Å². The molecule has 0 aliphatic carbocycles. The summed E-state index contributed by atoms with van der Waals surface area (Å²) in [6.07, 6.45) is -2.94. The van der Waals surface area contributed by atoms with E-state index in [0.717, 1.165) is 0 Å². The minimum atomic E-state index is -0.912. The third-order valence-corrected chi connectivity index (χ3v) is 2.93. The number of hydrogen-bond acceptors (Lipinski definition) is 8. The van der Waals surface area contributed by atoms with Crippen molar-refractivity contribution < 1.29 is 34.6 Å². The van der Waals surface area contributed by atoms with Gasteiger partial charge in [-0.3, -0.25) is 5.26 Å². The molecule has 8 nitrogen and oxygen atoms in total. The Balaban J connectivity index is 2.66. The molecular weight excluding hydrogens is 246 g/mol. The molecule has 18 heavy (non-hydrogen) atoms. The summed E-state index contributed by atoms with van der Waals surface area (Å²) in [7, 11) is 2.87. The number of ether oxygens (including phenoxy) is 3. The average molecular weight is 267 g/mol. The van der Waals surface area contributed by atoms with Gasteiger partial charge in [-0.1, -0.05) is 0 Å². The van der Waals surface area contributed by atoms with Crippen LogP contribution < -0.4 is 5.32 Å². The maximum Gasteiger partial charge on any atom is 0.175 e. The zero-order valence-electron chi connectivity index (χ0n) is 10.5. The first-order valence-corrected chi connectivity index (χ1v) is 5.69. The summed E-state index contributed by atoms with van der Waals surface area (Å²) in [4.78, 5) is 3.94. The second kappa shape index (κ2) is 7.97. The average Bonchev–Trinajstić information content (AvgIpc) is 2.39. The van der Waals surface area contributed by atoms with Crippen LogP contribution in [0.5, 0.6) is 0 Å². The predicted molar refractivity (Wildman–Crippen MR) is 59.9 cm³/mol. The van der Waals surface area contributed by atoms with E-state index in [-0.39, 0.29) is 13.2 Å². The smallest absolute Gasteiger partial charge is 0.175 e. The van der Waals surface area contributed by atoms with E-state index in [1.807, 2.05) is 0 Å². The van der Waals surface area contributed by atoms with Gasteiger partial charge in [-0.2, -0.15) is 0 Å². The lowest BCUT2D eigenvalue weighted by atomic mass is 9.97. The molecule has 108 valence electrons. The van der Waals surface area contributed by atoms with E-state index in [1.54, 1.807) is 0 Å². The van der Waals surface area contributed by atoms with Crippen molar-refractivity contribution in [2.75, 3.05) is 34.0 Å². The van der Waals surface area contributed by atoms with E-state index in [1.165, 1.54) is 14.2 Å². The molecule has 4 N–H and O–H groups in total. The fraction of sp³-hybridized carbons (Fsp3) is 1.00. The normalized spacial score (nSPS) is 36.8. The lowest BCUT2D eigenvalue weighted by Gasteiger charge is -2.43. The SMILES string of the molecule is COC1OC(CO)C(OC)C(O)C1NCCOO. The molecule has 1 aliphatic heterocycles. The summed E-state index contributed by atoms with van der Waals surface area (Å²) in [5, 5.41) is 30.5. The van der Waals surface area contributed by atoms with E-state index in [9.17, 15) is 10.2 Å². The summed E-state index contributed by atoms with van der Waals surface area (Å²) in [5.41, 5.74) is 0. The molecular formula is C10H21NO7. The Bertz CT molecular complexity index is 230. The first-order chi connectivity index (χ1) is 8.69. The Morgan fingerprint density at radius 3 is 2.50 bits per heavy atom. The van der Waals surface area contributed by atoms with Crippen LogP contribution in [-0.2, 0) is 19.1 Å². The Hall–Kier alpha value is -0.320. The topological polar surface area (TPSA) is 110 Å². The van der Waals surface area contributed by atoms with Gasteiger partial charge in [0.15, 0.2) is 6.29 Å². The zero-order chi connectivity index (χ0) is 13.5. The van der Waals surface area contributed by atoms with Crippen molar-refractivity contribution >= 4 is 0 Å². The quantitative estimate of drug-likeness (QED) is 0.242. The molecule has 0 spiro atoms. The van der Waals surface area contributed by atoms with Crippen LogP contribution in [0.4, 0.5) is 0 Å². The van der Waals surface area contributed by atoms with Gasteiger partial charge < -0.3 is 29.7 Å². The first-order valence-electron chi connectivity index (χ1n) is 5.69. The summed E-state index contributed by atoms with van der Waals surface area (Å²) in [5.74, 6) is 0. The van der Waals surface area contributed by atoms with Crippen LogP contribution in [-0.4, -0.2) is 80.1 Å². The third-order valence-electron chi connectivity index (χ3n) is 2.93. The number of rotatable bonds is 7. The van der Waals surface area contributed by atoms with Crippen LogP contribution >= 0.6 is 0 Å². The number of nitrogens with one attached hydrogen (secondary N) is 1. The van der Waals surface area contributed by atoms with Gasteiger partial charge >= 0.3 is 0 Å². The molecule has 1 heterocycles. The van der Waals surface area contributed by atoms with Crippen LogP contribution in [0.15, 0.2) is 0 Å². The molecule has 1 aliphatic rings. The second-order valence-corrected chi connectivity index (χ2v) is 3.97. The zero-order valence-corrected chi connectivity index (χ0v) is 10.5. The van der Waals surface area contributed by atoms with Crippen molar-refractivity contribution in [3.8, 4) is 0 Å². The lowest BCUT2D eigenvalue weighted by Crippen LogP contribution is -2.64. The monoisotopic (exact) mass is 267 g/mol. The van der Waals surface area contributed by atoms with Crippen molar-refractivity contribution in [1.82, 2.24) is 5.32 Å². The Labute approximate surface area is 105 Å². The number of methoxy groups -OCH3 is 2. The molecule has 0 bridgehead atoms. The third kappa shape index (κ3) is 3.59. The van der Waals surface area contributed by atoms with Gasteiger partial charge in [0.05, 0.1) is 19.3 Å². The Kier molecular flexibility index (Phi) is 6.97. The molecule has 1 saturated heterocycles. The van der Waals surface area contributed by atoms with E-state index < -0.39 is 30.6 Å². The minimum Gasteiger partial charge on any atom is -0.394 e. The second-order valence-electron chi connectivity index (χ2n) is 3.97. The van der Waals surface area contributed by atoms with Gasteiger partial charge in [-0.25, -0.2) is 4.89 Å². The molecule has 0 aromatic rings. The Morgan fingerprint density at radius 1 is 1.28 bits per heavy atom. The molecule has 1 rings (SSSR count). The first kappa shape index (κ1) is 15.7. The van der Waals surface area contributed by atoms with E-state index in [0.29, 0.717) is 6.54 Å².